The first kappa shape index (κ1) is 16.0. The van der Waals surface area contributed by atoms with Gasteiger partial charge in [-0.15, -0.1) is 0 Å². The van der Waals surface area contributed by atoms with Crippen LogP contribution in [-0.4, -0.2) is 21.9 Å². The van der Waals surface area contributed by atoms with Crippen molar-refractivity contribution < 1.29 is 4.79 Å². The summed E-state index contributed by atoms with van der Waals surface area (Å²) in [6.07, 6.45) is 3.03. The lowest BCUT2D eigenvalue weighted by molar-refractivity contribution is 0.0709. The van der Waals surface area contributed by atoms with Crippen molar-refractivity contribution >= 4 is 17.5 Å². The molecule has 3 nitrogen and oxygen atoms in total. The molecule has 1 amide bonds. The molecular formula is C21H19ClN2O. The highest BCUT2D eigenvalue weighted by atomic mass is 35.5. The summed E-state index contributed by atoms with van der Waals surface area (Å²) in [6.45, 7) is 1.65. The van der Waals surface area contributed by atoms with Gasteiger partial charge in [0.05, 0.1) is 6.04 Å². The predicted octanol–water partition coefficient (Wildman–Crippen LogP) is 4.78. The van der Waals surface area contributed by atoms with Crippen LogP contribution in [0.2, 0.25) is 5.02 Å². The fourth-order valence-corrected chi connectivity index (χ4v) is 3.67. The minimum atomic E-state index is -0.0816. The van der Waals surface area contributed by atoms with E-state index in [4.69, 9.17) is 11.6 Å². The normalized spacial score (nSPS) is 17.0. The van der Waals surface area contributed by atoms with Gasteiger partial charge in [0.15, 0.2) is 0 Å². The van der Waals surface area contributed by atoms with E-state index >= 15 is 0 Å². The zero-order valence-corrected chi connectivity index (χ0v) is 14.6. The first-order valence-electron chi connectivity index (χ1n) is 8.50. The van der Waals surface area contributed by atoms with Gasteiger partial charge < -0.3 is 9.47 Å². The van der Waals surface area contributed by atoms with Crippen LogP contribution in [0.1, 0.15) is 34.1 Å². The topological polar surface area (TPSA) is 25.2 Å². The summed E-state index contributed by atoms with van der Waals surface area (Å²) in [5, 5.41) is 0.640. The molecule has 4 heteroatoms. The Kier molecular flexibility index (Phi) is 4.33. The van der Waals surface area contributed by atoms with Crippen LogP contribution in [0.3, 0.4) is 0 Å². The maximum atomic E-state index is 13.3. The van der Waals surface area contributed by atoms with Gasteiger partial charge in [0.1, 0.15) is 0 Å². The summed E-state index contributed by atoms with van der Waals surface area (Å²) in [6, 6.07) is 21.5. The molecule has 2 heterocycles. The first-order chi connectivity index (χ1) is 12.2. The molecule has 3 aromatic rings. The third-order valence-corrected chi connectivity index (χ3v) is 4.97. The Morgan fingerprint density at radius 1 is 0.920 bits per heavy atom. The van der Waals surface area contributed by atoms with Crippen molar-refractivity contribution in [1.82, 2.24) is 9.47 Å². The molecule has 0 spiro atoms. The van der Waals surface area contributed by atoms with Gasteiger partial charge in [-0.05, 0) is 48.4 Å². The molecule has 0 aliphatic carbocycles. The Balaban J connectivity index is 1.79. The zero-order chi connectivity index (χ0) is 17.2. The number of carbonyl (C=O) groups is 1. The second kappa shape index (κ2) is 6.77. The molecule has 25 heavy (non-hydrogen) atoms. The van der Waals surface area contributed by atoms with Gasteiger partial charge in [-0.25, -0.2) is 0 Å². The average molecular weight is 351 g/mol. The number of rotatable bonds is 2. The Bertz CT molecular complexity index is 870. The van der Waals surface area contributed by atoms with Crippen LogP contribution in [0.25, 0.3) is 0 Å². The Morgan fingerprint density at radius 3 is 2.44 bits per heavy atom. The molecule has 4 rings (SSSR count). The Hall–Kier alpha value is -2.52. The second-order valence-electron chi connectivity index (χ2n) is 6.30. The molecule has 0 N–H and O–H groups in total. The summed E-state index contributed by atoms with van der Waals surface area (Å²) >= 11 is 5.98. The van der Waals surface area contributed by atoms with Crippen LogP contribution in [0.15, 0.2) is 72.9 Å². The number of hydrogen-bond acceptors (Lipinski definition) is 1. The highest BCUT2D eigenvalue weighted by Gasteiger charge is 2.31. The number of benzene rings is 2. The van der Waals surface area contributed by atoms with Gasteiger partial charge in [-0.1, -0.05) is 41.9 Å². The van der Waals surface area contributed by atoms with Crippen LogP contribution >= 0.6 is 11.6 Å². The van der Waals surface area contributed by atoms with E-state index in [1.807, 2.05) is 23.1 Å². The standard InChI is InChI=1S/C21H19ClN2O/c22-18-11-9-17(10-12-18)21(25)24-15-5-14-23-13-4-8-19(23)20(24)16-6-2-1-3-7-16/h1-4,6-13,20H,5,14-15H2/t20-/m0/s1. The number of aryl methyl sites for hydroxylation is 1. The summed E-state index contributed by atoms with van der Waals surface area (Å²) < 4.78 is 2.26. The van der Waals surface area contributed by atoms with E-state index in [2.05, 4.69) is 35.0 Å². The molecule has 1 atom stereocenters. The molecule has 0 saturated heterocycles. The lowest BCUT2D eigenvalue weighted by Gasteiger charge is -2.31. The highest BCUT2D eigenvalue weighted by Crippen LogP contribution is 2.33. The van der Waals surface area contributed by atoms with Crippen LogP contribution in [0.5, 0.6) is 0 Å². The van der Waals surface area contributed by atoms with Crippen LogP contribution < -0.4 is 0 Å². The molecule has 0 radical (unpaired) electrons. The maximum absolute atomic E-state index is 13.3. The van der Waals surface area contributed by atoms with Gasteiger partial charge >= 0.3 is 0 Å². The minimum absolute atomic E-state index is 0.0418. The van der Waals surface area contributed by atoms with Gasteiger partial charge in [-0.3, -0.25) is 4.79 Å². The number of aromatic nitrogens is 1. The minimum Gasteiger partial charge on any atom is -0.349 e. The van der Waals surface area contributed by atoms with E-state index in [9.17, 15) is 4.79 Å². The number of nitrogens with zero attached hydrogens (tertiary/aromatic N) is 2. The number of hydrogen-bond donors (Lipinski definition) is 0. The lowest BCUT2D eigenvalue weighted by Crippen LogP contribution is -2.35. The van der Waals surface area contributed by atoms with Gasteiger partial charge in [0.25, 0.3) is 5.91 Å². The number of halogens is 1. The number of carbonyl (C=O) groups excluding carboxylic acids is 1. The highest BCUT2D eigenvalue weighted by molar-refractivity contribution is 6.30. The Labute approximate surface area is 152 Å². The molecule has 1 aliphatic rings. The van der Waals surface area contributed by atoms with Crippen molar-refractivity contribution in [2.24, 2.45) is 0 Å². The molecule has 2 aromatic carbocycles. The molecule has 0 bridgehead atoms. The molecule has 0 saturated carbocycles. The summed E-state index contributed by atoms with van der Waals surface area (Å²) in [7, 11) is 0. The first-order valence-corrected chi connectivity index (χ1v) is 8.88. The summed E-state index contributed by atoms with van der Waals surface area (Å²) in [4.78, 5) is 15.2. The molecule has 1 aromatic heterocycles. The fraction of sp³-hybridized carbons (Fsp3) is 0.190. The van der Waals surface area contributed by atoms with Crippen molar-refractivity contribution in [2.75, 3.05) is 6.54 Å². The predicted molar refractivity (Wildman–Crippen MR) is 99.8 cm³/mol. The van der Waals surface area contributed by atoms with Crippen molar-refractivity contribution in [3.05, 3.63) is 94.8 Å². The van der Waals surface area contributed by atoms with E-state index in [0.29, 0.717) is 10.6 Å². The van der Waals surface area contributed by atoms with Crippen LogP contribution in [0, 0.1) is 0 Å². The van der Waals surface area contributed by atoms with Gasteiger partial charge in [-0.2, -0.15) is 0 Å². The van der Waals surface area contributed by atoms with E-state index in [0.717, 1.165) is 30.8 Å². The molecule has 0 fully saturated rings. The smallest absolute Gasteiger partial charge is 0.254 e. The third-order valence-electron chi connectivity index (χ3n) is 4.72. The van der Waals surface area contributed by atoms with Crippen LogP contribution in [0.4, 0.5) is 0 Å². The van der Waals surface area contributed by atoms with Crippen molar-refractivity contribution in [3.8, 4) is 0 Å². The zero-order valence-electron chi connectivity index (χ0n) is 13.8. The average Bonchev–Trinajstić information content (AvgIpc) is 3.02. The van der Waals surface area contributed by atoms with Crippen molar-refractivity contribution in [3.63, 3.8) is 0 Å². The fourth-order valence-electron chi connectivity index (χ4n) is 3.54. The van der Waals surface area contributed by atoms with Gasteiger partial charge in [0, 0.05) is 35.6 Å². The summed E-state index contributed by atoms with van der Waals surface area (Å²) in [5.74, 6) is 0.0418. The van der Waals surface area contributed by atoms with Gasteiger partial charge in [0.2, 0.25) is 0 Å². The number of fused-ring (bicyclic) bond motifs is 1. The monoisotopic (exact) mass is 350 g/mol. The molecule has 126 valence electrons. The SMILES string of the molecule is O=C(c1ccc(Cl)cc1)N1CCCn2cccc2[C@@H]1c1ccccc1. The van der Waals surface area contributed by atoms with E-state index < -0.39 is 0 Å². The summed E-state index contributed by atoms with van der Waals surface area (Å²) in [5.41, 5.74) is 2.96. The number of amides is 1. The maximum Gasteiger partial charge on any atom is 0.254 e. The van der Waals surface area contributed by atoms with E-state index in [1.165, 1.54) is 0 Å². The van der Waals surface area contributed by atoms with E-state index in [1.54, 1.807) is 24.3 Å². The second-order valence-corrected chi connectivity index (χ2v) is 6.74. The molecule has 1 aliphatic heterocycles. The quantitative estimate of drug-likeness (QED) is 0.653. The third kappa shape index (κ3) is 3.08. The van der Waals surface area contributed by atoms with E-state index in [-0.39, 0.29) is 11.9 Å². The molecular weight excluding hydrogens is 332 g/mol. The largest absolute Gasteiger partial charge is 0.349 e. The van der Waals surface area contributed by atoms with Crippen molar-refractivity contribution in [2.45, 2.75) is 19.0 Å². The molecule has 0 unspecified atom stereocenters. The van der Waals surface area contributed by atoms with Crippen LogP contribution in [-0.2, 0) is 6.54 Å². The lowest BCUT2D eigenvalue weighted by atomic mass is 10.0. The Morgan fingerprint density at radius 2 is 1.68 bits per heavy atom. The van der Waals surface area contributed by atoms with Crippen molar-refractivity contribution in [1.29, 1.82) is 0 Å².